The lowest BCUT2D eigenvalue weighted by atomic mass is 10.1. The smallest absolute Gasteiger partial charge is 0.426 e. The molecule has 1 aromatic carbocycles. The molecule has 0 radical (unpaired) electrons. The molecular weight excluding hydrogens is 308 g/mol. The zero-order chi connectivity index (χ0) is 15.6. The summed E-state index contributed by atoms with van der Waals surface area (Å²) in [4.78, 5) is 10.2. The Balaban J connectivity index is 2.42. The Labute approximate surface area is 122 Å². The molecule has 21 heavy (non-hydrogen) atoms. The van der Waals surface area contributed by atoms with Gasteiger partial charge >= 0.3 is 12.1 Å². The molecule has 7 heteroatoms. The monoisotopic (exact) mass is 318 g/mol. The predicted octanol–water partition coefficient (Wildman–Crippen LogP) is 4.64. The summed E-state index contributed by atoms with van der Waals surface area (Å²) in [5.41, 5.74) is 0.212. The Morgan fingerprint density at radius 2 is 1.86 bits per heavy atom. The largest absolute Gasteiger partial charge is 0.460 e. The van der Waals surface area contributed by atoms with Crippen LogP contribution in [0, 0.1) is 5.82 Å². The summed E-state index contributed by atoms with van der Waals surface area (Å²) in [5.74, 6) is -1.09. The van der Waals surface area contributed by atoms with Gasteiger partial charge in [-0.25, -0.2) is 4.39 Å². The summed E-state index contributed by atoms with van der Waals surface area (Å²) in [7, 11) is 0. The van der Waals surface area contributed by atoms with Gasteiger partial charge in [0.25, 0.3) is 0 Å². The first-order valence-corrected chi connectivity index (χ1v) is 6.68. The average molecular weight is 318 g/mol. The van der Waals surface area contributed by atoms with E-state index in [0.29, 0.717) is 11.3 Å². The predicted molar refractivity (Wildman–Crippen MR) is 70.2 cm³/mol. The van der Waals surface area contributed by atoms with Gasteiger partial charge in [-0.15, -0.1) is 11.3 Å². The summed E-state index contributed by atoms with van der Waals surface area (Å²) >= 11 is 0.511. The molecule has 0 saturated heterocycles. The Kier molecular flexibility index (Phi) is 4.32. The second-order valence-electron chi connectivity index (χ2n) is 4.24. The van der Waals surface area contributed by atoms with Crippen LogP contribution in [0.1, 0.15) is 16.7 Å². The quantitative estimate of drug-likeness (QED) is 0.609. The van der Waals surface area contributed by atoms with E-state index in [0.717, 1.165) is 12.1 Å². The van der Waals surface area contributed by atoms with Crippen LogP contribution in [0.5, 0.6) is 0 Å². The van der Waals surface area contributed by atoms with E-state index in [2.05, 4.69) is 0 Å². The van der Waals surface area contributed by atoms with Crippen LogP contribution < -0.4 is 0 Å². The molecule has 112 valence electrons. The number of benzene rings is 1. The van der Waals surface area contributed by atoms with Gasteiger partial charge in [-0.05, 0) is 23.8 Å². The molecule has 2 nitrogen and oxygen atoms in total. The second kappa shape index (κ2) is 5.85. The first-order valence-electron chi connectivity index (χ1n) is 5.86. The molecule has 1 aromatic heterocycles. The highest BCUT2D eigenvalue weighted by Crippen LogP contribution is 2.43. The minimum Gasteiger partial charge on any atom is -0.460 e. The maximum absolute atomic E-state index is 13.1. The van der Waals surface area contributed by atoms with Gasteiger partial charge in [-0.2, -0.15) is 13.2 Å². The van der Waals surface area contributed by atoms with E-state index in [1.54, 1.807) is 0 Å². The molecule has 2 rings (SSSR count). The van der Waals surface area contributed by atoms with Gasteiger partial charge in [-0.3, -0.25) is 4.79 Å². The summed E-state index contributed by atoms with van der Waals surface area (Å²) < 4.78 is 56.7. The molecule has 1 heterocycles. The van der Waals surface area contributed by atoms with Crippen LogP contribution in [0.3, 0.4) is 0 Å². The fraction of sp³-hybridized carbons (Fsp3) is 0.214. The summed E-state index contributed by atoms with van der Waals surface area (Å²) in [6.07, 6.45) is -4.52. The number of ether oxygens (including phenoxy) is 1. The van der Waals surface area contributed by atoms with Gasteiger partial charge in [0, 0.05) is 17.4 Å². The molecule has 0 bridgehead atoms. The van der Waals surface area contributed by atoms with E-state index in [4.69, 9.17) is 4.74 Å². The van der Waals surface area contributed by atoms with Crippen LogP contribution in [-0.2, 0) is 22.3 Å². The first-order chi connectivity index (χ1) is 9.77. The van der Waals surface area contributed by atoms with Crippen molar-refractivity contribution in [3.8, 4) is 11.1 Å². The second-order valence-corrected chi connectivity index (χ2v) is 5.38. The van der Waals surface area contributed by atoms with Crippen LogP contribution in [0.25, 0.3) is 11.1 Å². The third-order valence-corrected chi connectivity index (χ3v) is 3.77. The maximum Gasteiger partial charge on any atom is 0.426 e. The topological polar surface area (TPSA) is 26.3 Å². The summed E-state index contributed by atoms with van der Waals surface area (Å²) in [6, 6.07) is 6.06. The van der Waals surface area contributed by atoms with Crippen molar-refractivity contribution < 1.29 is 27.1 Å². The van der Waals surface area contributed by atoms with Gasteiger partial charge in [0.2, 0.25) is 0 Å². The van der Waals surface area contributed by atoms with Gasteiger partial charge in [0.05, 0.1) is 0 Å². The van der Waals surface area contributed by atoms with E-state index >= 15 is 0 Å². The summed E-state index contributed by atoms with van der Waals surface area (Å²) in [5, 5.41) is 0. The molecule has 0 amide bonds. The van der Waals surface area contributed by atoms with Gasteiger partial charge in [0.15, 0.2) is 0 Å². The first kappa shape index (κ1) is 15.5. The number of thiophene rings is 1. The minimum atomic E-state index is -4.52. The van der Waals surface area contributed by atoms with E-state index in [9.17, 15) is 22.4 Å². The fourth-order valence-corrected chi connectivity index (χ4v) is 2.70. The van der Waals surface area contributed by atoms with Gasteiger partial charge in [0.1, 0.15) is 17.3 Å². The molecule has 0 saturated carbocycles. The Morgan fingerprint density at radius 3 is 2.38 bits per heavy atom. The highest BCUT2D eigenvalue weighted by atomic mass is 32.1. The number of rotatable bonds is 3. The molecule has 2 aromatic rings. The lowest BCUT2D eigenvalue weighted by Crippen LogP contribution is -2.03. The van der Waals surface area contributed by atoms with Gasteiger partial charge < -0.3 is 4.74 Å². The van der Waals surface area contributed by atoms with Crippen LogP contribution in [0.2, 0.25) is 0 Å². The highest BCUT2D eigenvalue weighted by Gasteiger charge is 2.36. The van der Waals surface area contributed by atoms with Crippen molar-refractivity contribution in [2.45, 2.75) is 19.7 Å². The number of esters is 1. The van der Waals surface area contributed by atoms with E-state index in [1.165, 1.54) is 25.1 Å². The van der Waals surface area contributed by atoms with Crippen molar-refractivity contribution >= 4 is 17.3 Å². The SMILES string of the molecule is CC(=O)OCc1cc(-c2ccc(F)cc2)c(C(F)(F)F)s1. The third-order valence-electron chi connectivity index (χ3n) is 2.61. The number of carbonyl (C=O) groups excluding carboxylic acids is 1. The van der Waals surface area contributed by atoms with Crippen molar-refractivity contribution in [3.63, 3.8) is 0 Å². The van der Waals surface area contributed by atoms with Crippen molar-refractivity contribution in [3.05, 3.63) is 45.9 Å². The number of halogens is 4. The number of alkyl halides is 3. The number of carbonyl (C=O) groups is 1. The van der Waals surface area contributed by atoms with Crippen LogP contribution in [0.15, 0.2) is 30.3 Å². The molecule has 0 aliphatic carbocycles. The van der Waals surface area contributed by atoms with Crippen molar-refractivity contribution in [1.29, 1.82) is 0 Å². The van der Waals surface area contributed by atoms with Crippen molar-refractivity contribution in [2.75, 3.05) is 0 Å². The highest BCUT2D eigenvalue weighted by molar-refractivity contribution is 7.12. The molecule has 0 spiro atoms. The summed E-state index contributed by atoms with van der Waals surface area (Å²) in [6.45, 7) is 0.962. The van der Waals surface area contributed by atoms with Crippen molar-refractivity contribution in [2.24, 2.45) is 0 Å². The lowest BCUT2D eigenvalue weighted by Gasteiger charge is -2.07. The normalized spacial score (nSPS) is 11.5. The zero-order valence-corrected chi connectivity index (χ0v) is 11.6. The van der Waals surface area contributed by atoms with E-state index in [-0.39, 0.29) is 22.6 Å². The molecule has 0 aliphatic rings. The molecule has 0 atom stereocenters. The molecule has 0 N–H and O–H groups in total. The average Bonchev–Trinajstić information content (AvgIpc) is 2.81. The molecule has 0 fully saturated rings. The van der Waals surface area contributed by atoms with Crippen LogP contribution in [-0.4, -0.2) is 5.97 Å². The fourth-order valence-electron chi connectivity index (χ4n) is 1.74. The maximum atomic E-state index is 13.1. The van der Waals surface area contributed by atoms with E-state index < -0.39 is 22.8 Å². The van der Waals surface area contributed by atoms with Crippen LogP contribution in [0.4, 0.5) is 17.6 Å². The molecule has 0 unspecified atom stereocenters. The Hall–Kier alpha value is -1.89. The number of hydrogen-bond acceptors (Lipinski definition) is 3. The minimum absolute atomic E-state index is 0.0466. The van der Waals surface area contributed by atoms with Gasteiger partial charge in [-0.1, -0.05) is 12.1 Å². The van der Waals surface area contributed by atoms with Crippen LogP contribution >= 0.6 is 11.3 Å². The van der Waals surface area contributed by atoms with Crippen molar-refractivity contribution in [1.82, 2.24) is 0 Å². The third kappa shape index (κ3) is 3.81. The Morgan fingerprint density at radius 1 is 1.24 bits per heavy atom. The molecule has 0 aliphatic heterocycles. The lowest BCUT2D eigenvalue weighted by molar-refractivity contribution is -0.142. The van der Waals surface area contributed by atoms with E-state index in [1.807, 2.05) is 0 Å². The number of hydrogen-bond donors (Lipinski definition) is 0. The zero-order valence-electron chi connectivity index (χ0n) is 10.8. The molecular formula is C14H10F4O2S. The Bertz CT molecular complexity index is 644. The standard InChI is InChI=1S/C14H10F4O2S/c1-8(19)20-7-11-6-12(13(21-11)14(16,17)18)9-2-4-10(15)5-3-9/h2-6H,7H2,1H3.